The van der Waals surface area contributed by atoms with Gasteiger partial charge in [-0.1, -0.05) is 100 Å². The summed E-state index contributed by atoms with van der Waals surface area (Å²) < 4.78 is 6.48. The van der Waals surface area contributed by atoms with Crippen LogP contribution in [-0.4, -0.2) is 18.0 Å². The van der Waals surface area contributed by atoms with Gasteiger partial charge in [-0.05, 0) is 60.2 Å². The summed E-state index contributed by atoms with van der Waals surface area (Å²) >= 11 is 0. The fourth-order valence-electron chi connectivity index (χ4n) is 5.68. The Bertz CT molecular complexity index is 1850. The van der Waals surface area contributed by atoms with Crippen LogP contribution in [0, 0.1) is 30.9 Å². The summed E-state index contributed by atoms with van der Waals surface area (Å²) in [4.78, 5) is 9.30. The first-order valence-corrected chi connectivity index (χ1v) is 19.3. The van der Waals surface area contributed by atoms with Gasteiger partial charge in [0.15, 0.2) is 0 Å². The molecule has 0 unspecified atom stereocenters. The summed E-state index contributed by atoms with van der Waals surface area (Å²) in [5, 5.41) is 3.86. The number of rotatable bonds is 7. The van der Waals surface area contributed by atoms with E-state index >= 15 is 0 Å². The van der Waals surface area contributed by atoms with Crippen molar-refractivity contribution in [2.24, 2.45) is 11.8 Å². The molecule has 235 valence electrons. The number of aryl methyl sites for hydroxylation is 1. The Hall–Kier alpha value is -3.37. The van der Waals surface area contributed by atoms with Gasteiger partial charge in [0.05, 0.1) is 5.58 Å². The molecule has 0 saturated carbocycles. The van der Waals surface area contributed by atoms with E-state index in [9.17, 15) is 0 Å². The van der Waals surface area contributed by atoms with Gasteiger partial charge in [0.2, 0.25) is 0 Å². The maximum Gasteiger partial charge on any atom is 0.120 e. The first-order valence-electron chi connectivity index (χ1n) is 15.8. The van der Waals surface area contributed by atoms with Crippen molar-refractivity contribution in [2.45, 2.75) is 67.1 Å². The second-order valence-electron chi connectivity index (χ2n) is 13.7. The van der Waals surface area contributed by atoms with Gasteiger partial charge < -0.3 is 14.4 Å². The van der Waals surface area contributed by atoms with Crippen LogP contribution in [0.2, 0.25) is 19.6 Å². The number of nitrogens with zero attached hydrogens (tertiary/aromatic N) is 2. The Labute approximate surface area is 283 Å². The summed E-state index contributed by atoms with van der Waals surface area (Å²) in [5.41, 5.74) is 9.72. The molecule has 0 aliphatic heterocycles. The third-order valence-electron chi connectivity index (χ3n) is 7.69. The molecule has 0 spiro atoms. The molecule has 3 aromatic carbocycles. The van der Waals surface area contributed by atoms with Gasteiger partial charge in [-0.25, -0.2) is 0 Å². The van der Waals surface area contributed by atoms with E-state index in [1.54, 1.807) is 0 Å². The van der Waals surface area contributed by atoms with E-state index in [4.69, 9.17) is 9.40 Å². The smallest absolute Gasteiger partial charge is 0.120 e. The standard InChI is InChI=1S/C28H34NOSi.C12H10N.Ir/c1-18(2)14-20-16-21(15-19(3)4)27(29-17-20)23-12-13-25(31(5,6)7)26-22-10-8-9-11-24(22)30-28(23)26;1-10-7-8-12(13-9-10)11-5-3-2-4-6-11;/h8-11,13,16-19H,14-15H2,1-7H3;2-5,7-9H,1H3;/q2*-1;. The zero-order valence-corrected chi connectivity index (χ0v) is 31.2. The van der Waals surface area contributed by atoms with Gasteiger partial charge in [0.25, 0.3) is 0 Å². The molecule has 0 atom stereocenters. The molecular weight excluding hydrogens is 745 g/mol. The number of furan rings is 1. The van der Waals surface area contributed by atoms with Crippen molar-refractivity contribution < 1.29 is 24.5 Å². The van der Waals surface area contributed by atoms with E-state index in [0.717, 1.165) is 46.5 Å². The number of hydrogen-bond acceptors (Lipinski definition) is 3. The van der Waals surface area contributed by atoms with E-state index in [-0.39, 0.29) is 20.1 Å². The largest absolute Gasteiger partial charge is 0.501 e. The van der Waals surface area contributed by atoms with Crippen molar-refractivity contribution in [3.63, 3.8) is 0 Å². The molecule has 0 amide bonds. The number of pyridine rings is 2. The Morgan fingerprint density at radius 3 is 2.20 bits per heavy atom. The predicted molar refractivity (Wildman–Crippen MR) is 189 cm³/mol. The van der Waals surface area contributed by atoms with Gasteiger partial charge in [-0.15, -0.1) is 53.2 Å². The first kappa shape index (κ1) is 34.5. The Balaban J connectivity index is 0.000000275. The topological polar surface area (TPSA) is 38.9 Å². The SMILES string of the molecule is CC(C)Cc1cnc(-c2[c-]cc([Si](C)(C)C)c3c2oc2ccccc23)c(CC(C)C)c1.Cc1ccc(-c2[c-]cccc2)nc1.[Ir]. The number of fused-ring (bicyclic) bond motifs is 3. The molecule has 1 radical (unpaired) electrons. The van der Waals surface area contributed by atoms with Crippen LogP contribution in [0.5, 0.6) is 0 Å². The summed E-state index contributed by atoms with van der Waals surface area (Å²) in [6, 6.07) is 31.7. The van der Waals surface area contributed by atoms with E-state index in [1.807, 2.05) is 55.7 Å². The Kier molecular flexibility index (Phi) is 11.4. The van der Waals surface area contributed by atoms with Crippen molar-refractivity contribution in [3.8, 4) is 22.5 Å². The minimum Gasteiger partial charge on any atom is -0.501 e. The van der Waals surface area contributed by atoms with E-state index in [0.29, 0.717) is 11.8 Å². The Morgan fingerprint density at radius 1 is 0.822 bits per heavy atom. The second-order valence-corrected chi connectivity index (χ2v) is 18.7. The molecule has 0 saturated heterocycles. The maximum atomic E-state index is 6.48. The molecule has 0 N–H and O–H groups in total. The molecule has 6 aromatic rings. The normalized spacial score (nSPS) is 11.5. The molecule has 3 heterocycles. The van der Waals surface area contributed by atoms with Crippen LogP contribution in [0.3, 0.4) is 0 Å². The molecule has 6 rings (SSSR count). The molecule has 0 aliphatic carbocycles. The van der Waals surface area contributed by atoms with Crippen molar-refractivity contribution in [3.05, 3.63) is 114 Å². The molecule has 0 fully saturated rings. The zero-order chi connectivity index (χ0) is 31.4. The van der Waals surface area contributed by atoms with Crippen LogP contribution in [0.25, 0.3) is 44.5 Å². The van der Waals surface area contributed by atoms with Gasteiger partial charge in [-0.2, -0.15) is 0 Å². The average Bonchev–Trinajstić information content (AvgIpc) is 3.37. The van der Waals surface area contributed by atoms with Crippen molar-refractivity contribution in [1.82, 2.24) is 9.97 Å². The van der Waals surface area contributed by atoms with Crippen molar-refractivity contribution >= 4 is 35.2 Å². The van der Waals surface area contributed by atoms with E-state index in [1.165, 1.54) is 32.6 Å². The molecule has 5 heteroatoms. The molecule has 0 aliphatic rings. The Morgan fingerprint density at radius 2 is 1.56 bits per heavy atom. The molecule has 3 nitrogen and oxygen atoms in total. The van der Waals surface area contributed by atoms with E-state index < -0.39 is 8.07 Å². The number of para-hydroxylation sites is 1. The average molecular weight is 789 g/mol. The fourth-order valence-corrected chi connectivity index (χ4v) is 7.18. The minimum absolute atomic E-state index is 0. The molecule has 45 heavy (non-hydrogen) atoms. The van der Waals surface area contributed by atoms with Gasteiger partial charge in [-0.3, -0.25) is 0 Å². The molecule has 3 aromatic heterocycles. The fraction of sp³-hybridized carbons (Fsp3) is 0.300. The van der Waals surface area contributed by atoms with Gasteiger partial charge in [0.1, 0.15) is 5.58 Å². The molecular formula is C40H44IrN2OSi-2. The minimum atomic E-state index is -1.58. The first-order chi connectivity index (χ1) is 21.0. The summed E-state index contributed by atoms with van der Waals surface area (Å²) in [7, 11) is -1.58. The third-order valence-corrected chi connectivity index (χ3v) is 9.70. The maximum absolute atomic E-state index is 6.48. The van der Waals surface area contributed by atoms with E-state index in [2.05, 4.69) is 101 Å². The number of aromatic nitrogens is 2. The summed E-state index contributed by atoms with van der Waals surface area (Å²) in [6.07, 6.45) is 5.97. The van der Waals surface area contributed by atoms with Crippen molar-refractivity contribution in [2.75, 3.05) is 0 Å². The predicted octanol–water partition coefficient (Wildman–Crippen LogP) is 10.2. The number of hydrogen-bond donors (Lipinski definition) is 0. The van der Waals surface area contributed by atoms with Gasteiger partial charge in [0, 0.05) is 46.0 Å². The zero-order valence-electron chi connectivity index (χ0n) is 27.8. The monoisotopic (exact) mass is 789 g/mol. The van der Waals surface area contributed by atoms with Crippen LogP contribution in [0.1, 0.15) is 44.4 Å². The summed E-state index contributed by atoms with van der Waals surface area (Å²) in [6.45, 7) is 18.3. The third kappa shape index (κ3) is 8.27. The molecule has 0 bridgehead atoms. The number of benzene rings is 3. The van der Waals surface area contributed by atoms with Crippen LogP contribution in [-0.2, 0) is 32.9 Å². The van der Waals surface area contributed by atoms with Crippen LogP contribution in [0.4, 0.5) is 0 Å². The van der Waals surface area contributed by atoms with Crippen molar-refractivity contribution in [1.29, 1.82) is 0 Å². The van der Waals surface area contributed by atoms with Gasteiger partial charge >= 0.3 is 0 Å². The van der Waals surface area contributed by atoms with Crippen LogP contribution >= 0.6 is 0 Å². The van der Waals surface area contributed by atoms with Crippen LogP contribution in [0.15, 0.2) is 89.6 Å². The quantitative estimate of drug-likeness (QED) is 0.119. The van der Waals surface area contributed by atoms with Crippen LogP contribution < -0.4 is 5.19 Å². The second kappa shape index (κ2) is 14.8. The summed E-state index contributed by atoms with van der Waals surface area (Å²) in [5.74, 6) is 1.17.